The van der Waals surface area contributed by atoms with Gasteiger partial charge in [0.2, 0.25) is 11.7 Å². The van der Waals surface area contributed by atoms with Crippen LogP contribution in [-0.4, -0.2) is 55.8 Å². The Morgan fingerprint density at radius 2 is 1.93 bits per heavy atom. The first-order valence-electron chi connectivity index (χ1n) is 9.02. The van der Waals surface area contributed by atoms with Crippen molar-refractivity contribution in [2.24, 2.45) is 0 Å². The summed E-state index contributed by atoms with van der Waals surface area (Å²) in [5, 5.41) is 11.8. The number of imidazole rings is 1. The molecule has 5 rings (SSSR count). The van der Waals surface area contributed by atoms with Gasteiger partial charge in [0.25, 0.3) is 0 Å². The fourth-order valence-corrected chi connectivity index (χ4v) is 3.28. The summed E-state index contributed by atoms with van der Waals surface area (Å²) in [5.41, 5.74) is 3.58. The highest BCUT2D eigenvalue weighted by molar-refractivity contribution is 5.69. The predicted octanol–water partition coefficient (Wildman–Crippen LogP) is 1.85. The van der Waals surface area contributed by atoms with Crippen molar-refractivity contribution in [2.75, 3.05) is 26.2 Å². The number of hydrogen-bond donors (Lipinski definition) is 1. The lowest BCUT2D eigenvalue weighted by atomic mass is 10.1. The summed E-state index contributed by atoms with van der Waals surface area (Å²) >= 11 is 0. The van der Waals surface area contributed by atoms with E-state index in [9.17, 15) is 0 Å². The maximum absolute atomic E-state index is 5.46. The number of fused-ring (bicyclic) bond motifs is 1. The molecule has 0 atom stereocenters. The van der Waals surface area contributed by atoms with E-state index in [1.807, 2.05) is 42.6 Å². The molecular weight excluding hydrogens is 342 g/mol. The van der Waals surface area contributed by atoms with Crippen LogP contribution >= 0.6 is 0 Å². The summed E-state index contributed by atoms with van der Waals surface area (Å²) in [6, 6.07) is 11.8. The van der Waals surface area contributed by atoms with E-state index in [-0.39, 0.29) is 0 Å². The second-order valence-corrected chi connectivity index (χ2v) is 6.57. The van der Waals surface area contributed by atoms with E-state index in [2.05, 4.69) is 30.4 Å². The van der Waals surface area contributed by atoms with Gasteiger partial charge >= 0.3 is 0 Å². The Hall–Kier alpha value is -3.10. The third-order valence-electron chi connectivity index (χ3n) is 4.69. The average molecular weight is 361 g/mol. The van der Waals surface area contributed by atoms with Crippen molar-refractivity contribution in [3.63, 3.8) is 0 Å². The number of aromatic nitrogens is 5. The van der Waals surface area contributed by atoms with Crippen LogP contribution in [0.15, 0.2) is 53.3 Å². The molecule has 0 amide bonds. The van der Waals surface area contributed by atoms with Gasteiger partial charge in [0.1, 0.15) is 0 Å². The topological polar surface area (TPSA) is 84.4 Å². The van der Waals surface area contributed by atoms with Crippen LogP contribution in [0.4, 0.5) is 0 Å². The maximum Gasteiger partial charge on any atom is 0.241 e. The van der Waals surface area contributed by atoms with Gasteiger partial charge < -0.3 is 9.84 Å². The molecule has 8 nitrogen and oxygen atoms in total. The average Bonchev–Trinajstić information content (AvgIpc) is 3.36. The molecule has 0 unspecified atom stereocenters. The number of piperazine rings is 1. The highest BCUT2D eigenvalue weighted by Crippen LogP contribution is 2.24. The number of rotatable bonds is 4. The molecule has 0 aliphatic carbocycles. The molecule has 1 aliphatic heterocycles. The van der Waals surface area contributed by atoms with Crippen molar-refractivity contribution >= 4 is 5.65 Å². The summed E-state index contributed by atoms with van der Waals surface area (Å²) < 4.78 is 7.23. The Labute approximate surface area is 155 Å². The van der Waals surface area contributed by atoms with Crippen LogP contribution in [0, 0.1) is 0 Å². The predicted molar refractivity (Wildman–Crippen MR) is 99.9 cm³/mol. The third kappa shape index (κ3) is 3.32. The number of nitrogens with zero attached hydrogens (tertiary/aromatic N) is 6. The van der Waals surface area contributed by atoms with Crippen molar-refractivity contribution in [3.05, 3.63) is 54.7 Å². The molecule has 1 N–H and O–H groups in total. The van der Waals surface area contributed by atoms with Crippen LogP contribution in [-0.2, 0) is 6.54 Å². The largest absolute Gasteiger partial charge is 0.338 e. The molecule has 27 heavy (non-hydrogen) atoms. The zero-order valence-electron chi connectivity index (χ0n) is 14.7. The quantitative estimate of drug-likeness (QED) is 0.594. The molecule has 0 bridgehead atoms. The summed E-state index contributed by atoms with van der Waals surface area (Å²) in [6.07, 6.45) is 3.66. The lowest BCUT2D eigenvalue weighted by Gasteiger charge is -2.25. The van der Waals surface area contributed by atoms with Gasteiger partial charge in [-0.1, -0.05) is 23.4 Å². The van der Waals surface area contributed by atoms with Gasteiger partial charge in [-0.3, -0.25) is 4.90 Å². The van der Waals surface area contributed by atoms with Crippen molar-refractivity contribution in [1.29, 1.82) is 0 Å². The molecule has 8 heteroatoms. The molecule has 4 aromatic rings. The van der Waals surface area contributed by atoms with E-state index < -0.39 is 0 Å². The molecule has 1 aromatic carbocycles. The van der Waals surface area contributed by atoms with Crippen LogP contribution in [0.1, 0.15) is 5.89 Å². The monoisotopic (exact) mass is 361 g/mol. The Morgan fingerprint density at radius 1 is 1.04 bits per heavy atom. The smallest absolute Gasteiger partial charge is 0.241 e. The molecule has 4 heterocycles. The third-order valence-corrected chi connectivity index (χ3v) is 4.69. The molecular formula is C19H19N7O. The van der Waals surface area contributed by atoms with Crippen molar-refractivity contribution < 1.29 is 4.52 Å². The van der Waals surface area contributed by atoms with Crippen molar-refractivity contribution in [3.8, 4) is 22.6 Å². The van der Waals surface area contributed by atoms with E-state index in [0.29, 0.717) is 18.3 Å². The molecule has 0 radical (unpaired) electrons. The fraction of sp³-hybridized carbons (Fsp3) is 0.263. The van der Waals surface area contributed by atoms with Crippen LogP contribution in [0.2, 0.25) is 0 Å². The Kier molecular flexibility index (Phi) is 4.11. The second-order valence-electron chi connectivity index (χ2n) is 6.57. The van der Waals surface area contributed by atoms with Crippen LogP contribution in [0.5, 0.6) is 0 Å². The number of nitrogens with one attached hydrogen (secondary N) is 1. The molecule has 136 valence electrons. The van der Waals surface area contributed by atoms with E-state index in [1.165, 1.54) is 0 Å². The first-order chi connectivity index (χ1) is 13.3. The Morgan fingerprint density at radius 3 is 2.81 bits per heavy atom. The molecule has 0 saturated carbocycles. The highest BCUT2D eigenvalue weighted by Gasteiger charge is 2.15. The first-order valence-corrected chi connectivity index (χ1v) is 9.02. The summed E-state index contributed by atoms with van der Waals surface area (Å²) in [6.45, 7) is 4.67. The zero-order valence-corrected chi connectivity index (χ0v) is 14.7. The van der Waals surface area contributed by atoms with Gasteiger partial charge in [-0.25, -0.2) is 9.50 Å². The van der Waals surface area contributed by atoms with Gasteiger partial charge in [-0.15, -0.1) is 0 Å². The molecule has 0 spiro atoms. The Bertz CT molecular complexity index is 1030. The minimum Gasteiger partial charge on any atom is -0.338 e. The van der Waals surface area contributed by atoms with Crippen molar-refractivity contribution in [1.82, 2.24) is 35.0 Å². The summed E-state index contributed by atoms with van der Waals surface area (Å²) in [5.74, 6) is 1.25. The lowest BCUT2D eigenvalue weighted by Crippen LogP contribution is -2.42. The zero-order chi connectivity index (χ0) is 18.1. The first kappa shape index (κ1) is 16.1. The van der Waals surface area contributed by atoms with Crippen LogP contribution in [0.25, 0.3) is 28.3 Å². The van der Waals surface area contributed by atoms with E-state index in [4.69, 9.17) is 4.52 Å². The van der Waals surface area contributed by atoms with Crippen LogP contribution in [0.3, 0.4) is 0 Å². The normalized spacial score (nSPS) is 15.4. The second kappa shape index (κ2) is 6.90. The molecule has 1 saturated heterocycles. The maximum atomic E-state index is 5.46. The van der Waals surface area contributed by atoms with Gasteiger partial charge in [0, 0.05) is 43.5 Å². The molecule has 1 aliphatic rings. The summed E-state index contributed by atoms with van der Waals surface area (Å²) in [4.78, 5) is 11.5. The Balaban J connectivity index is 1.40. The summed E-state index contributed by atoms with van der Waals surface area (Å²) in [7, 11) is 0. The molecule has 1 fully saturated rings. The van der Waals surface area contributed by atoms with E-state index >= 15 is 0 Å². The fourth-order valence-electron chi connectivity index (χ4n) is 3.28. The van der Waals surface area contributed by atoms with Crippen LogP contribution < -0.4 is 5.32 Å². The van der Waals surface area contributed by atoms with Crippen molar-refractivity contribution in [2.45, 2.75) is 6.54 Å². The van der Waals surface area contributed by atoms with Gasteiger partial charge in [0.05, 0.1) is 18.4 Å². The highest BCUT2D eigenvalue weighted by atomic mass is 16.5. The number of benzene rings is 1. The van der Waals surface area contributed by atoms with Gasteiger partial charge in [-0.05, 0) is 18.2 Å². The van der Waals surface area contributed by atoms with Gasteiger partial charge in [-0.2, -0.15) is 10.1 Å². The molecule has 3 aromatic heterocycles. The SMILES string of the molecule is c1cc(-c2cn3ncccc3n2)cc(-c2noc(CN3CCNCC3)n2)c1. The lowest BCUT2D eigenvalue weighted by molar-refractivity contribution is 0.203. The minimum absolute atomic E-state index is 0.601. The standard InChI is InChI=1S/C19H19N7O/c1-3-14(16-12-26-17(22-16)5-2-6-21-26)11-15(4-1)19-23-18(27-24-19)13-25-9-7-20-8-10-25/h1-6,11-12,20H,7-10,13H2. The van der Waals surface area contributed by atoms with E-state index in [0.717, 1.165) is 48.6 Å². The minimum atomic E-state index is 0.601. The van der Waals surface area contributed by atoms with E-state index in [1.54, 1.807) is 10.7 Å². The number of hydrogen-bond acceptors (Lipinski definition) is 7. The van der Waals surface area contributed by atoms with Gasteiger partial charge in [0.15, 0.2) is 5.65 Å².